The molecule has 1 N–H and O–H groups in total. The highest BCUT2D eigenvalue weighted by Crippen LogP contribution is 2.22. The summed E-state index contributed by atoms with van der Waals surface area (Å²) in [5.74, 6) is -1.08. The van der Waals surface area contributed by atoms with Crippen LogP contribution >= 0.6 is 11.8 Å². The number of halogens is 2. The van der Waals surface area contributed by atoms with Crippen molar-refractivity contribution < 1.29 is 13.6 Å². The van der Waals surface area contributed by atoms with E-state index in [-0.39, 0.29) is 22.6 Å². The third-order valence-electron chi connectivity index (χ3n) is 4.14. The first-order valence-corrected chi connectivity index (χ1v) is 9.22. The zero-order chi connectivity index (χ0) is 17.6. The van der Waals surface area contributed by atoms with E-state index in [1.54, 1.807) is 0 Å². The van der Waals surface area contributed by atoms with Crippen LogP contribution in [0.25, 0.3) is 0 Å². The summed E-state index contributed by atoms with van der Waals surface area (Å²) in [6.07, 6.45) is 0.900. The van der Waals surface area contributed by atoms with Gasteiger partial charge in [0.2, 0.25) is 5.91 Å². The summed E-state index contributed by atoms with van der Waals surface area (Å²) in [5, 5.41) is 2.98. The van der Waals surface area contributed by atoms with Crippen molar-refractivity contribution in [1.29, 1.82) is 0 Å². The van der Waals surface area contributed by atoms with Crippen LogP contribution in [0, 0.1) is 11.6 Å². The number of nitrogens with one attached hydrogen (secondary N) is 1. The molecule has 1 saturated heterocycles. The quantitative estimate of drug-likeness (QED) is 0.799. The summed E-state index contributed by atoms with van der Waals surface area (Å²) in [7, 11) is 0. The Bertz CT molecular complexity index is 727. The van der Waals surface area contributed by atoms with Crippen LogP contribution in [0.5, 0.6) is 0 Å². The molecular weight excluding hydrogens is 342 g/mol. The number of rotatable bonds is 6. The minimum Gasteiger partial charge on any atom is -0.351 e. The molecule has 0 radical (unpaired) electrons. The Hall–Kier alpha value is -1.92. The SMILES string of the molecule is O=C(CSc1cc(F)ccc1F)N[C@H]1CCN(Cc2ccccc2)C1. The van der Waals surface area contributed by atoms with E-state index in [0.717, 1.165) is 56.0 Å². The van der Waals surface area contributed by atoms with Gasteiger partial charge in [0, 0.05) is 30.6 Å². The predicted molar refractivity (Wildman–Crippen MR) is 95.3 cm³/mol. The second-order valence-electron chi connectivity index (χ2n) is 6.14. The van der Waals surface area contributed by atoms with Crippen LogP contribution in [0.4, 0.5) is 8.78 Å². The number of nitrogens with zero attached hydrogens (tertiary/aromatic N) is 1. The number of hydrogen-bond acceptors (Lipinski definition) is 3. The molecule has 0 aromatic heterocycles. The first-order valence-electron chi connectivity index (χ1n) is 8.23. The Morgan fingerprint density at radius 1 is 1.20 bits per heavy atom. The van der Waals surface area contributed by atoms with Crippen LogP contribution in [-0.2, 0) is 11.3 Å². The molecule has 2 aromatic rings. The lowest BCUT2D eigenvalue weighted by Gasteiger charge is -2.16. The average Bonchev–Trinajstić information content (AvgIpc) is 3.03. The molecule has 1 amide bonds. The molecule has 1 aliphatic rings. The number of likely N-dealkylation sites (tertiary alicyclic amines) is 1. The third kappa shape index (κ3) is 5.28. The molecule has 1 heterocycles. The van der Waals surface area contributed by atoms with Gasteiger partial charge in [0.05, 0.1) is 5.75 Å². The smallest absolute Gasteiger partial charge is 0.230 e. The Labute approximate surface area is 150 Å². The molecule has 1 aliphatic heterocycles. The molecule has 0 unspecified atom stereocenters. The zero-order valence-electron chi connectivity index (χ0n) is 13.8. The molecule has 6 heteroatoms. The molecule has 2 aromatic carbocycles. The Morgan fingerprint density at radius 2 is 2.00 bits per heavy atom. The maximum absolute atomic E-state index is 13.6. The molecule has 132 valence electrons. The van der Waals surface area contributed by atoms with Gasteiger partial charge >= 0.3 is 0 Å². The van der Waals surface area contributed by atoms with Crippen molar-refractivity contribution in [2.75, 3.05) is 18.8 Å². The van der Waals surface area contributed by atoms with Crippen molar-refractivity contribution >= 4 is 17.7 Å². The lowest BCUT2D eigenvalue weighted by atomic mass is 10.2. The monoisotopic (exact) mass is 362 g/mol. The fraction of sp³-hybridized carbons (Fsp3) is 0.316. The Morgan fingerprint density at radius 3 is 2.80 bits per heavy atom. The van der Waals surface area contributed by atoms with Crippen LogP contribution in [0.15, 0.2) is 53.4 Å². The number of benzene rings is 2. The lowest BCUT2D eigenvalue weighted by molar-refractivity contribution is -0.119. The van der Waals surface area contributed by atoms with E-state index in [2.05, 4.69) is 22.3 Å². The normalized spacial score (nSPS) is 17.6. The van der Waals surface area contributed by atoms with E-state index in [4.69, 9.17) is 0 Å². The van der Waals surface area contributed by atoms with E-state index >= 15 is 0 Å². The molecule has 3 nitrogen and oxygen atoms in total. The van der Waals surface area contributed by atoms with Crippen molar-refractivity contribution in [3.63, 3.8) is 0 Å². The van der Waals surface area contributed by atoms with Gasteiger partial charge in [-0.05, 0) is 30.2 Å². The van der Waals surface area contributed by atoms with Gasteiger partial charge in [-0.3, -0.25) is 9.69 Å². The minimum absolute atomic E-state index is 0.0789. The van der Waals surface area contributed by atoms with Gasteiger partial charge in [0.15, 0.2) is 0 Å². The molecule has 25 heavy (non-hydrogen) atoms. The zero-order valence-corrected chi connectivity index (χ0v) is 14.6. The van der Waals surface area contributed by atoms with Crippen LogP contribution in [0.2, 0.25) is 0 Å². The number of amides is 1. The summed E-state index contributed by atoms with van der Waals surface area (Å²) < 4.78 is 26.7. The van der Waals surface area contributed by atoms with Crippen molar-refractivity contribution in [2.24, 2.45) is 0 Å². The van der Waals surface area contributed by atoms with Crippen LogP contribution < -0.4 is 5.32 Å². The number of hydrogen-bond donors (Lipinski definition) is 1. The second-order valence-corrected chi connectivity index (χ2v) is 7.15. The van der Waals surface area contributed by atoms with Crippen LogP contribution in [0.3, 0.4) is 0 Å². The molecule has 1 atom stereocenters. The van der Waals surface area contributed by atoms with Crippen LogP contribution in [0.1, 0.15) is 12.0 Å². The number of carbonyl (C=O) groups is 1. The Balaban J connectivity index is 1.43. The molecule has 0 bridgehead atoms. The van der Waals surface area contributed by atoms with E-state index < -0.39 is 11.6 Å². The number of thioether (sulfide) groups is 1. The fourth-order valence-electron chi connectivity index (χ4n) is 2.94. The molecular formula is C19H20F2N2OS. The molecule has 0 saturated carbocycles. The second kappa shape index (κ2) is 8.45. The molecule has 1 fully saturated rings. The summed E-state index contributed by atoms with van der Waals surface area (Å²) in [5.41, 5.74) is 1.26. The van der Waals surface area contributed by atoms with E-state index in [1.165, 1.54) is 5.56 Å². The van der Waals surface area contributed by atoms with E-state index in [1.807, 2.05) is 18.2 Å². The average molecular weight is 362 g/mol. The lowest BCUT2D eigenvalue weighted by Crippen LogP contribution is -2.38. The highest BCUT2D eigenvalue weighted by atomic mass is 32.2. The van der Waals surface area contributed by atoms with Gasteiger partial charge in [-0.1, -0.05) is 30.3 Å². The highest BCUT2D eigenvalue weighted by molar-refractivity contribution is 8.00. The van der Waals surface area contributed by atoms with E-state index in [9.17, 15) is 13.6 Å². The predicted octanol–water partition coefficient (Wildman–Crippen LogP) is 3.45. The van der Waals surface area contributed by atoms with Crippen molar-refractivity contribution in [2.45, 2.75) is 23.9 Å². The molecule has 0 spiro atoms. The summed E-state index contributed by atoms with van der Waals surface area (Å²) in [6.45, 7) is 2.61. The summed E-state index contributed by atoms with van der Waals surface area (Å²) >= 11 is 1.02. The third-order valence-corrected chi connectivity index (χ3v) is 5.17. The molecule has 3 rings (SSSR count). The summed E-state index contributed by atoms with van der Waals surface area (Å²) in [6, 6.07) is 13.6. The van der Waals surface area contributed by atoms with Crippen molar-refractivity contribution in [1.82, 2.24) is 10.2 Å². The highest BCUT2D eigenvalue weighted by Gasteiger charge is 2.23. The van der Waals surface area contributed by atoms with Gasteiger partial charge in [-0.25, -0.2) is 8.78 Å². The summed E-state index contributed by atoms with van der Waals surface area (Å²) in [4.78, 5) is 14.5. The largest absolute Gasteiger partial charge is 0.351 e. The van der Waals surface area contributed by atoms with Gasteiger partial charge in [0.25, 0.3) is 0 Å². The molecule has 0 aliphatic carbocycles. The Kier molecular flexibility index (Phi) is 6.04. The fourth-order valence-corrected chi connectivity index (χ4v) is 3.71. The van der Waals surface area contributed by atoms with Gasteiger partial charge < -0.3 is 5.32 Å². The maximum Gasteiger partial charge on any atom is 0.230 e. The maximum atomic E-state index is 13.6. The first kappa shape index (κ1) is 17.9. The van der Waals surface area contributed by atoms with Gasteiger partial charge in [-0.15, -0.1) is 11.8 Å². The van der Waals surface area contributed by atoms with Crippen molar-refractivity contribution in [3.05, 3.63) is 65.7 Å². The standard InChI is InChI=1S/C19H20F2N2OS/c20-15-6-7-17(21)18(10-15)25-13-19(24)22-16-8-9-23(12-16)11-14-4-2-1-3-5-14/h1-7,10,16H,8-9,11-13H2,(H,22,24)/t16-/m0/s1. The number of carbonyl (C=O) groups excluding carboxylic acids is 1. The first-order chi connectivity index (χ1) is 12.1. The van der Waals surface area contributed by atoms with Gasteiger partial charge in [-0.2, -0.15) is 0 Å². The van der Waals surface area contributed by atoms with Crippen molar-refractivity contribution in [3.8, 4) is 0 Å². The van der Waals surface area contributed by atoms with Crippen LogP contribution in [-0.4, -0.2) is 35.7 Å². The topological polar surface area (TPSA) is 32.3 Å². The minimum atomic E-state index is -0.505. The van der Waals surface area contributed by atoms with E-state index in [0.29, 0.717) is 0 Å². The van der Waals surface area contributed by atoms with Gasteiger partial charge in [0.1, 0.15) is 11.6 Å².